The molecule has 1 aliphatic carbocycles. The summed E-state index contributed by atoms with van der Waals surface area (Å²) in [6.07, 6.45) is 1.55. The summed E-state index contributed by atoms with van der Waals surface area (Å²) in [5.74, 6) is 0.520. The van der Waals surface area contributed by atoms with E-state index in [2.05, 4.69) is 14.1 Å². The number of sulfonamides is 1. The van der Waals surface area contributed by atoms with Gasteiger partial charge in [0.2, 0.25) is 15.2 Å². The van der Waals surface area contributed by atoms with Crippen LogP contribution in [0.2, 0.25) is 0 Å². The highest BCUT2D eigenvalue weighted by molar-refractivity contribution is 7.89. The van der Waals surface area contributed by atoms with Crippen molar-refractivity contribution < 1.29 is 17.5 Å². The minimum absolute atomic E-state index is 0.0289. The Balaban J connectivity index is 1.84. The number of imidazole rings is 1. The first kappa shape index (κ1) is 21.1. The maximum absolute atomic E-state index is 13.2. The molecule has 0 unspecified atom stereocenters. The fourth-order valence-corrected chi connectivity index (χ4v) is 5.45. The number of aromatic nitrogens is 4. The topological polar surface area (TPSA) is 108 Å². The van der Waals surface area contributed by atoms with Crippen LogP contribution < -0.4 is 10.4 Å². The SMILES string of the molecule is COCCCn1c(=O)n(-c2nc(C)ns2)c2cc(S(=O)(=O)NC3(CF)CC3)ccc21. The number of fused-ring (bicyclic) bond motifs is 1. The van der Waals surface area contributed by atoms with Gasteiger partial charge in [-0.25, -0.2) is 31.9 Å². The van der Waals surface area contributed by atoms with E-state index in [1.807, 2.05) is 0 Å². The molecule has 12 heteroatoms. The minimum Gasteiger partial charge on any atom is -0.385 e. The third kappa shape index (κ3) is 3.80. The van der Waals surface area contributed by atoms with E-state index in [1.54, 1.807) is 24.7 Å². The Hall–Kier alpha value is -2.15. The summed E-state index contributed by atoms with van der Waals surface area (Å²) in [4.78, 5) is 17.4. The van der Waals surface area contributed by atoms with Gasteiger partial charge in [-0.15, -0.1) is 0 Å². The quantitative estimate of drug-likeness (QED) is 0.493. The van der Waals surface area contributed by atoms with E-state index in [0.29, 0.717) is 54.4 Å². The number of aryl methyl sites for hydroxylation is 2. The molecular weight excluding hydrogens is 433 g/mol. The smallest absolute Gasteiger partial charge is 0.335 e. The number of nitrogens with zero attached hydrogens (tertiary/aromatic N) is 4. The molecular formula is C18H22FN5O4S2. The number of halogens is 1. The molecule has 1 fully saturated rings. The van der Waals surface area contributed by atoms with Crippen molar-refractivity contribution in [1.82, 2.24) is 23.2 Å². The van der Waals surface area contributed by atoms with Crippen LogP contribution in [-0.4, -0.2) is 52.8 Å². The molecule has 0 saturated heterocycles. The van der Waals surface area contributed by atoms with Crippen LogP contribution in [0.3, 0.4) is 0 Å². The van der Waals surface area contributed by atoms with Gasteiger partial charge >= 0.3 is 5.69 Å². The van der Waals surface area contributed by atoms with Gasteiger partial charge in [-0.2, -0.15) is 4.37 Å². The third-order valence-corrected chi connectivity index (χ3v) is 7.48. The van der Waals surface area contributed by atoms with Gasteiger partial charge in [0.15, 0.2) is 0 Å². The molecule has 1 N–H and O–H groups in total. The lowest BCUT2D eigenvalue weighted by Crippen LogP contribution is -2.38. The lowest BCUT2D eigenvalue weighted by atomic mass is 10.3. The Bertz CT molecular complexity index is 1240. The van der Waals surface area contributed by atoms with Gasteiger partial charge in [0.1, 0.15) is 12.5 Å². The van der Waals surface area contributed by atoms with Gasteiger partial charge in [-0.1, -0.05) is 0 Å². The second kappa shape index (κ2) is 7.84. The number of hydrogen-bond acceptors (Lipinski definition) is 7. The van der Waals surface area contributed by atoms with E-state index >= 15 is 0 Å². The summed E-state index contributed by atoms with van der Waals surface area (Å²) in [7, 11) is -2.36. The number of nitrogens with one attached hydrogen (secondary N) is 1. The summed E-state index contributed by atoms with van der Waals surface area (Å²) in [5, 5.41) is 0.359. The number of rotatable bonds is 9. The van der Waals surface area contributed by atoms with Gasteiger partial charge in [0.25, 0.3) is 0 Å². The van der Waals surface area contributed by atoms with Crippen molar-refractivity contribution in [2.45, 2.75) is 43.2 Å². The van der Waals surface area contributed by atoms with Crippen molar-refractivity contribution >= 4 is 32.6 Å². The summed E-state index contributed by atoms with van der Waals surface area (Å²) < 4.78 is 53.5. The number of ether oxygens (including phenoxy) is 1. The van der Waals surface area contributed by atoms with Crippen LogP contribution in [0, 0.1) is 6.92 Å². The van der Waals surface area contributed by atoms with E-state index in [-0.39, 0.29) is 10.6 Å². The number of hydrogen-bond donors (Lipinski definition) is 1. The Morgan fingerprint density at radius 2 is 2.10 bits per heavy atom. The molecule has 9 nitrogen and oxygen atoms in total. The second-order valence-corrected chi connectivity index (χ2v) is 9.82. The number of benzene rings is 1. The molecule has 1 aromatic carbocycles. The molecule has 3 aromatic rings. The molecule has 0 spiro atoms. The molecule has 0 aliphatic heterocycles. The normalized spacial score (nSPS) is 15.7. The molecule has 30 heavy (non-hydrogen) atoms. The van der Waals surface area contributed by atoms with Crippen molar-refractivity contribution in [3.63, 3.8) is 0 Å². The van der Waals surface area contributed by atoms with Gasteiger partial charge in [0, 0.05) is 31.8 Å². The van der Waals surface area contributed by atoms with E-state index in [1.165, 1.54) is 16.7 Å². The van der Waals surface area contributed by atoms with E-state index in [0.717, 1.165) is 11.5 Å². The van der Waals surface area contributed by atoms with Crippen molar-refractivity contribution in [3.8, 4) is 5.13 Å². The van der Waals surface area contributed by atoms with Gasteiger partial charge in [-0.3, -0.25) is 4.57 Å². The first-order valence-electron chi connectivity index (χ1n) is 9.45. The van der Waals surface area contributed by atoms with Crippen LogP contribution >= 0.6 is 11.5 Å². The van der Waals surface area contributed by atoms with Crippen LogP contribution in [0.15, 0.2) is 27.9 Å². The molecule has 2 heterocycles. The van der Waals surface area contributed by atoms with Gasteiger partial charge < -0.3 is 4.74 Å². The highest BCUT2D eigenvalue weighted by Gasteiger charge is 2.46. The zero-order valence-corrected chi connectivity index (χ0v) is 18.2. The number of alkyl halides is 1. The third-order valence-electron chi connectivity index (χ3n) is 5.11. The molecule has 0 bridgehead atoms. The summed E-state index contributed by atoms with van der Waals surface area (Å²) >= 11 is 1.06. The predicted octanol–water partition coefficient (Wildman–Crippen LogP) is 1.77. The zero-order chi connectivity index (χ0) is 21.5. The fourth-order valence-electron chi connectivity index (χ4n) is 3.31. The zero-order valence-electron chi connectivity index (χ0n) is 16.6. The molecule has 4 rings (SSSR count). The first-order valence-corrected chi connectivity index (χ1v) is 11.7. The van der Waals surface area contributed by atoms with E-state index < -0.39 is 22.2 Å². The molecule has 2 aromatic heterocycles. The maximum atomic E-state index is 13.2. The Morgan fingerprint density at radius 1 is 1.33 bits per heavy atom. The van der Waals surface area contributed by atoms with Crippen molar-refractivity contribution in [1.29, 1.82) is 0 Å². The Labute approximate surface area is 176 Å². The average molecular weight is 456 g/mol. The maximum Gasteiger partial charge on any atom is 0.335 e. The molecule has 0 atom stereocenters. The van der Waals surface area contributed by atoms with Crippen molar-refractivity contribution in [3.05, 3.63) is 34.5 Å². The summed E-state index contributed by atoms with van der Waals surface area (Å²) in [6.45, 7) is 1.86. The second-order valence-electron chi connectivity index (χ2n) is 7.41. The van der Waals surface area contributed by atoms with Gasteiger partial charge in [-0.05, 0) is 44.4 Å². The minimum atomic E-state index is -3.94. The summed E-state index contributed by atoms with van der Waals surface area (Å²) in [5.41, 5.74) is -0.353. The monoisotopic (exact) mass is 455 g/mol. The Morgan fingerprint density at radius 3 is 2.70 bits per heavy atom. The largest absolute Gasteiger partial charge is 0.385 e. The van der Waals surface area contributed by atoms with Crippen LogP contribution in [-0.2, 0) is 21.3 Å². The molecule has 1 saturated carbocycles. The first-order chi connectivity index (χ1) is 14.3. The van der Waals surface area contributed by atoms with Gasteiger partial charge in [0.05, 0.1) is 21.5 Å². The molecule has 0 radical (unpaired) electrons. The van der Waals surface area contributed by atoms with Crippen LogP contribution in [0.1, 0.15) is 25.1 Å². The molecule has 162 valence electrons. The van der Waals surface area contributed by atoms with Crippen LogP contribution in [0.5, 0.6) is 0 Å². The summed E-state index contributed by atoms with van der Waals surface area (Å²) in [6, 6.07) is 4.45. The van der Waals surface area contributed by atoms with Crippen molar-refractivity contribution in [2.24, 2.45) is 0 Å². The Kier molecular flexibility index (Phi) is 5.51. The highest BCUT2D eigenvalue weighted by Crippen LogP contribution is 2.37. The lowest BCUT2D eigenvalue weighted by Gasteiger charge is -2.14. The fraction of sp³-hybridized carbons (Fsp3) is 0.500. The van der Waals surface area contributed by atoms with Crippen molar-refractivity contribution in [2.75, 3.05) is 20.4 Å². The highest BCUT2D eigenvalue weighted by atomic mass is 32.2. The van der Waals surface area contributed by atoms with E-state index in [9.17, 15) is 17.6 Å². The molecule has 0 amide bonds. The number of methoxy groups -OCH3 is 1. The van der Waals surface area contributed by atoms with Crippen LogP contribution in [0.25, 0.3) is 16.2 Å². The average Bonchev–Trinajstić information content (AvgIpc) is 3.26. The molecule has 1 aliphatic rings. The lowest BCUT2D eigenvalue weighted by molar-refractivity contribution is 0.190. The van der Waals surface area contributed by atoms with E-state index in [4.69, 9.17) is 4.74 Å². The predicted molar refractivity (Wildman–Crippen MR) is 110 cm³/mol. The standard InChI is InChI=1S/C18H22FN5O4S2/c1-12-20-16(29-21-12)24-15-10-13(30(26,27)22-18(11-19)6-7-18)4-5-14(15)23(17(24)25)8-3-9-28-2/h4-5,10,22H,3,6-9,11H2,1-2H3. The van der Waals surface area contributed by atoms with Crippen LogP contribution in [0.4, 0.5) is 4.39 Å².